The van der Waals surface area contributed by atoms with Gasteiger partial charge in [0.15, 0.2) is 11.2 Å². The maximum Gasteiger partial charge on any atom is 0.276 e. The number of aromatic nitrogens is 7. The Morgan fingerprint density at radius 2 is 1.18 bits per heavy atom. The summed E-state index contributed by atoms with van der Waals surface area (Å²) >= 11 is 0. The third kappa shape index (κ3) is 5.22. The van der Waals surface area contributed by atoms with Crippen molar-refractivity contribution in [3.05, 3.63) is 190 Å². The van der Waals surface area contributed by atoms with Crippen LogP contribution in [0.15, 0.2) is 156 Å². The number of hydrogen-bond donors (Lipinski definition) is 0. The van der Waals surface area contributed by atoms with Gasteiger partial charge in [0.1, 0.15) is 0 Å². The molecule has 0 unspecified atom stereocenters. The Bertz CT molecular complexity index is 2370. The van der Waals surface area contributed by atoms with Crippen molar-refractivity contribution in [2.24, 2.45) is 0 Å². The number of nitrogens with zero attached hydrogens (tertiary/aromatic N) is 7. The minimum Gasteiger partial charge on any atom is -0.267 e. The maximum atomic E-state index is 13.1. The van der Waals surface area contributed by atoms with E-state index in [2.05, 4.69) is 66.7 Å². The van der Waals surface area contributed by atoms with E-state index in [1.54, 1.807) is 9.48 Å². The molecular formula is C42H35N7O. The molecule has 0 saturated carbocycles. The summed E-state index contributed by atoms with van der Waals surface area (Å²) in [6, 6.07) is 51.4. The largest absolute Gasteiger partial charge is 0.276 e. The van der Waals surface area contributed by atoms with Crippen LogP contribution in [0.2, 0.25) is 0 Å². The average molecular weight is 654 g/mol. The summed E-state index contributed by atoms with van der Waals surface area (Å²) in [5.41, 5.74) is 7.76. The van der Waals surface area contributed by atoms with Gasteiger partial charge in [0.2, 0.25) is 5.82 Å². The molecule has 8 heteroatoms. The van der Waals surface area contributed by atoms with Crippen LogP contribution in [0.3, 0.4) is 0 Å². The van der Waals surface area contributed by atoms with Crippen LogP contribution in [0.5, 0.6) is 0 Å². The number of hydrogen-bond acceptors (Lipinski definition) is 5. The topological polar surface area (TPSA) is 83.4 Å². The Hall–Kier alpha value is -6.41. The fourth-order valence-corrected chi connectivity index (χ4v) is 6.99. The van der Waals surface area contributed by atoms with E-state index >= 15 is 0 Å². The highest BCUT2D eigenvalue weighted by Gasteiger charge is 2.41. The molecule has 0 spiro atoms. The Kier molecular flexibility index (Phi) is 7.97. The highest BCUT2D eigenvalue weighted by Crippen LogP contribution is 2.40. The second-order valence-electron chi connectivity index (χ2n) is 12.4. The van der Waals surface area contributed by atoms with Crippen molar-refractivity contribution >= 4 is 11.0 Å². The molecule has 0 atom stereocenters. The highest BCUT2D eigenvalue weighted by molar-refractivity contribution is 5.80. The first kappa shape index (κ1) is 30.9. The van der Waals surface area contributed by atoms with E-state index in [0.29, 0.717) is 29.9 Å². The van der Waals surface area contributed by atoms with Crippen molar-refractivity contribution in [3.63, 3.8) is 0 Å². The van der Waals surface area contributed by atoms with Crippen LogP contribution < -0.4 is 5.56 Å². The molecule has 0 radical (unpaired) electrons. The molecule has 0 aliphatic heterocycles. The normalized spacial score (nSPS) is 11.6. The van der Waals surface area contributed by atoms with Crippen molar-refractivity contribution in [2.45, 2.75) is 32.5 Å². The molecule has 0 fully saturated rings. The molecule has 8 nitrogen and oxygen atoms in total. The van der Waals surface area contributed by atoms with Gasteiger partial charge < -0.3 is 0 Å². The van der Waals surface area contributed by atoms with Crippen LogP contribution in [0, 0.1) is 6.92 Å². The van der Waals surface area contributed by atoms with Crippen LogP contribution in [-0.2, 0) is 18.6 Å². The van der Waals surface area contributed by atoms with Crippen molar-refractivity contribution in [3.8, 4) is 22.5 Å². The van der Waals surface area contributed by atoms with Gasteiger partial charge in [0.25, 0.3) is 5.56 Å². The van der Waals surface area contributed by atoms with Crippen molar-refractivity contribution in [2.75, 3.05) is 0 Å². The lowest BCUT2D eigenvalue weighted by molar-refractivity contribution is 0.396. The second-order valence-corrected chi connectivity index (χ2v) is 12.4. The van der Waals surface area contributed by atoms with Crippen molar-refractivity contribution < 1.29 is 0 Å². The van der Waals surface area contributed by atoms with E-state index in [1.807, 2.05) is 103 Å². The first-order valence-electron chi connectivity index (χ1n) is 16.8. The lowest BCUT2D eigenvalue weighted by Crippen LogP contribution is -2.39. The molecule has 0 aliphatic rings. The van der Waals surface area contributed by atoms with Crippen LogP contribution in [0.1, 0.15) is 34.9 Å². The van der Waals surface area contributed by atoms with Crippen LogP contribution in [0.25, 0.3) is 33.5 Å². The van der Waals surface area contributed by atoms with Crippen molar-refractivity contribution in [1.82, 2.24) is 34.6 Å². The lowest BCUT2D eigenvalue weighted by atomic mass is 9.77. The summed E-state index contributed by atoms with van der Waals surface area (Å²) in [5, 5.41) is 15.3. The zero-order chi connectivity index (χ0) is 34.1. The van der Waals surface area contributed by atoms with Gasteiger partial charge in [-0.2, -0.15) is 0 Å². The number of fused-ring (bicyclic) bond motifs is 1. The average Bonchev–Trinajstić information content (AvgIpc) is 3.76. The van der Waals surface area contributed by atoms with Crippen LogP contribution in [0.4, 0.5) is 0 Å². The van der Waals surface area contributed by atoms with Gasteiger partial charge in [0, 0.05) is 17.8 Å². The third-order valence-corrected chi connectivity index (χ3v) is 9.37. The number of tetrazole rings is 1. The molecule has 0 aliphatic carbocycles. The number of pyridine rings is 1. The van der Waals surface area contributed by atoms with Crippen LogP contribution >= 0.6 is 0 Å². The molecule has 0 N–H and O–H groups in total. The number of aryl methyl sites for hydroxylation is 1. The molecular weight excluding hydrogens is 619 g/mol. The molecule has 5 aromatic carbocycles. The Morgan fingerprint density at radius 1 is 0.620 bits per heavy atom. The SMILES string of the molecule is CCn1c(=O)c2ccc(C)nc2n1Cc1ccc(-c2ccccc2-c2nnn(C(c3ccccc3)(c3ccccc3)c3ccccc3)n2)cc1. The summed E-state index contributed by atoms with van der Waals surface area (Å²) in [7, 11) is 0. The van der Waals surface area contributed by atoms with Gasteiger partial charge in [-0.3, -0.25) is 9.48 Å². The summed E-state index contributed by atoms with van der Waals surface area (Å²) in [6.45, 7) is 5.02. The summed E-state index contributed by atoms with van der Waals surface area (Å²) in [6.07, 6.45) is 0. The summed E-state index contributed by atoms with van der Waals surface area (Å²) in [5.74, 6) is 0.532. The van der Waals surface area contributed by atoms with Gasteiger partial charge in [-0.25, -0.2) is 9.67 Å². The molecule has 244 valence electrons. The Morgan fingerprint density at radius 3 is 1.76 bits per heavy atom. The molecule has 0 amide bonds. The van der Waals surface area contributed by atoms with Gasteiger partial charge in [0.05, 0.1) is 11.9 Å². The van der Waals surface area contributed by atoms with E-state index in [-0.39, 0.29) is 5.56 Å². The molecule has 50 heavy (non-hydrogen) atoms. The van der Waals surface area contributed by atoms with Gasteiger partial charge >= 0.3 is 0 Å². The summed E-state index contributed by atoms with van der Waals surface area (Å²) in [4.78, 5) is 19.5. The lowest BCUT2D eigenvalue weighted by Gasteiger charge is -2.34. The molecule has 3 aromatic heterocycles. The minimum absolute atomic E-state index is 0.0168. The molecule has 8 rings (SSSR count). The predicted octanol–water partition coefficient (Wildman–Crippen LogP) is 7.74. The smallest absolute Gasteiger partial charge is 0.267 e. The van der Waals surface area contributed by atoms with Gasteiger partial charge in [-0.05, 0) is 64.6 Å². The molecule has 8 aromatic rings. The fraction of sp³-hybridized carbons (Fsp3) is 0.119. The van der Waals surface area contributed by atoms with E-state index < -0.39 is 5.54 Å². The van der Waals surface area contributed by atoms with E-state index in [4.69, 9.17) is 20.4 Å². The maximum absolute atomic E-state index is 13.1. The first-order valence-corrected chi connectivity index (χ1v) is 16.8. The zero-order valence-corrected chi connectivity index (χ0v) is 27.9. The summed E-state index contributed by atoms with van der Waals surface area (Å²) < 4.78 is 3.74. The zero-order valence-electron chi connectivity index (χ0n) is 27.9. The molecule has 0 bridgehead atoms. The van der Waals surface area contributed by atoms with Gasteiger partial charge in [-0.1, -0.05) is 140 Å². The van der Waals surface area contributed by atoms with Gasteiger partial charge in [-0.15, -0.1) is 15.0 Å². The monoisotopic (exact) mass is 653 g/mol. The standard InChI is InChI=1S/C42H35N7O/c1-3-47-41(50)38-28-23-30(2)43-40(38)48(47)29-31-24-26-32(27-25-31)36-21-13-14-22-37(36)39-44-46-49(45-39)42(33-15-7-4-8-16-33,34-17-9-5-10-18-34)35-19-11-6-12-20-35/h4-28H,3,29H2,1-2H3. The quantitative estimate of drug-likeness (QED) is 0.149. The Labute approximate surface area is 289 Å². The van der Waals surface area contributed by atoms with E-state index in [0.717, 1.165) is 44.6 Å². The number of rotatable bonds is 9. The number of benzene rings is 5. The van der Waals surface area contributed by atoms with E-state index in [1.165, 1.54) is 0 Å². The minimum atomic E-state index is -0.860. The Balaban J connectivity index is 1.20. The van der Waals surface area contributed by atoms with Crippen LogP contribution in [-0.4, -0.2) is 34.6 Å². The third-order valence-electron chi connectivity index (χ3n) is 9.37. The highest BCUT2D eigenvalue weighted by atomic mass is 16.1. The fourth-order valence-electron chi connectivity index (χ4n) is 6.99. The molecule has 0 saturated heterocycles. The first-order chi connectivity index (χ1) is 24.6. The molecule has 3 heterocycles. The van der Waals surface area contributed by atoms with Crippen molar-refractivity contribution in [1.29, 1.82) is 0 Å². The second kappa shape index (κ2) is 12.9. The predicted molar refractivity (Wildman–Crippen MR) is 197 cm³/mol. The van der Waals surface area contributed by atoms with E-state index in [9.17, 15) is 4.79 Å².